The Morgan fingerprint density at radius 1 is 0.939 bits per heavy atom. The van der Waals surface area contributed by atoms with Crippen molar-refractivity contribution in [2.75, 3.05) is 30.7 Å². The highest BCUT2D eigenvalue weighted by molar-refractivity contribution is 6.12. The molecule has 11 heteroatoms. The van der Waals surface area contributed by atoms with Gasteiger partial charge in [-0.3, -0.25) is 9.69 Å². The number of amides is 1. The van der Waals surface area contributed by atoms with Gasteiger partial charge in [0.1, 0.15) is 18.3 Å². The van der Waals surface area contributed by atoms with Crippen molar-refractivity contribution in [2.24, 2.45) is 0 Å². The van der Waals surface area contributed by atoms with Crippen LogP contribution in [0.3, 0.4) is 0 Å². The highest BCUT2D eigenvalue weighted by Gasteiger charge is 2.37. The van der Waals surface area contributed by atoms with Crippen molar-refractivity contribution in [3.05, 3.63) is 65.0 Å². The number of fused-ring (bicyclic) bond motifs is 1. The van der Waals surface area contributed by atoms with E-state index in [4.69, 9.17) is 9.47 Å². The van der Waals surface area contributed by atoms with Crippen LogP contribution in [-0.2, 0) is 6.18 Å². The summed E-state index contributed by atoms with van der Waals surface area (Å²) in [5.41, 5.74) is 0.0777. The van der Waals surface area contributed by atoms with Gasteiger partial charge in [0.05, 0.1) is 31.0 Å². The zero-order valence-corrected chi connectivity index (χ0v) is 17.8. The Hall–Kier alpha value is -3.89. The van der Waals surface area contributed by atoms with E-state index >= 15 is 0 Å². The van der Waals surface area contributed by atoms with Crippen LogP contribution in [0.1, 0.15) is 21.5 Å². The van der Waals surface area contributed by atoms with Crippen LogP contribution in [0, 0.1) is 12.7 Å². The Bertz CT molecular complexity index is 1210. The Balaban J connectivity index is 1.91. The van der Waals surface area contributed by atoms with Crippen LogP contribution in [0.25, 0.3) is 0 Å². The minimum absolute atomic E-state index is 0.0227. The number of ether oxygens (including phenoxy) is 2. The third-order valence-corrected chi connectivity index (χ3v) is 5.16. The van der Waals surface area contributed by atoms with Crippen molar-refractivity contribution in [3.63, 3.8) is 0 Å². The number of hydrogen-bond acceptors (Lipinski definition) is 6. The second-order valence-electron chi connectivity index (χ2n) is 7.22. The number of carbonyl (C=O) groups is 1. The lowest BCUT2D eigenvalue weighted by Gasteiger charge is -2.38. The van der Waals surface area contributed by atoms with Gasteiger partial charge < -0.3 is 14.4 Å². The van der Waals surface area contributed by atoms with Crippen molar-refractivity contribution in [2.45, 2.75) is 13.1 Å². The molecule has 0 bridgehead atoms. The molecule has 0 spiro atoms. The molecule has 0 saturated carbocycles. The van der Waals surface area contributed by atoms with Crippen LogP contribution in [0.15, 0.2) is 42.5 Å². The molecule has 0 radical (unpaired) electrons. The van der Waals surface area contributed by atoms with Crippen molar-refractivity contribution >= 4 is 23.1 Å². The molecule has 0 N–H and O–H groups in total. The van der Waals surface area contributed by atoms with E-state index in [0.717, 1.165) is 18.2 Å². The van der Waals surface area contributed by atoms with Crippen LogP contribution >= 0.6 is 0 Å². The summed E-state index contributed by atoms with van der Waals surface area (Å²) in [4.78, 5) is 24.3. The second-order valence-corrected chi connectivity index (χ2v) is 7.22. The Kier molecular flexibility index (Phi) is 5.56. The molecule has 0 atom stereocenters. The smallest absolute Gasteiger partial charge is 0.416 e. The molecule has 0 aliphatic carbocycles. The summed E-state index contributed by atoms with van der Waals surface area (Å²) in [5.74, 6) is -0.806. The van der Waals surface area contributed by atoms with Gasteiger partial charge in [-0.1, -0.05) is 0 Å². The standard InChI is InChI=1S/C22H18F4N4O3/c1-12-8-14(23)5-7-16(12)29-11-30(18-10-19(32-2)28-21(27-18)33-3)20(31)15-6-4-13(9-17(15)29)22(24,25)26/h4-10H,11H2,1-3H3. The van der Waals surface area contributed by atoms with Crippen molar-refractivity contribution in [3.8, 4) is 11.9 Å². The normalized spacial score (nSPS) is 13.7. The van der Waals surface area contributed by atoms with E-state index in [0.29, 0.717) is 11.3 Å². The van der Waals surface area contributed by atoms with Gasteiger partial charge in [-0.05, 0) is 48.9 Å². The minimum atomic E-state index is -4.61. The van der Waals surface area contributed by atoms with Gasteiger partial charge in [-0.2, -0.15) is 23.1 Å². The van der Waals surface area contributed by atoms with E-state index in [1.165, 1.54) is 48.3 Å². The van der Waals surface area contributed by atoms with Gasteiger partial charge >= 0.3 is 12.2 Å². The predicted molar refractivity (Wildman–Crippen MR) is 112 cm³/mol. The molecule has 1 aromatic heterocycles. The van der Waals surface area contributed by atoms with E-state index in [-0.39, 0.29) is 35.6 Å². The number of nitrogens with zero attached hydrogens (tertiary/aromatic N) is 4. The average Bonchev–Trinajstić information content (AvgIpc) is 2.78. The first-order chi connectivity index (χ1) is 15.6. The highest BCUT2D eigenvalue weighted by atomic mass is 19.4. The minimum Gasteiger partial charge on any atom is -0.481 e. The van der Waals surface area contributed by atoms with Crippen LogP contribution in [0.5, 0.6) is 11.9 Å². The molecule has 0 unspecified atom stereocenters. The number of anilines is 3. The third-order valence-electron chi connectivity index (χ3n) is 5.16. The van der Waals surface area contributed by atoms with E-state index in [1.54, 1.807) is 6.92 Å². The van der Waals surface area contributed by atoms with Crippen LogP contribution in [-0.4, -0.2) is 36.8 Å². The van der Waals surface area contributed by atoms with Gasteiger partial charge in [-0.15, -0.1) is 0 Å². The molecule has 172 valence electrons. The molecule has 2 aromatic carbocycles. The van der Waals surface area contributed by atoms with Gasteiger partial charge in [0.15, 0.2) is 0 Å². The van der Waals surface area contributed by atoms with Crippen molar-refractivity contribution in [1.82, 2.24) is 9.97 Å². The second kappa shape index (κ2) is 8.23. The number of aryl methyl sites for hydroxylation is 1. The monoisotopic (exact) mass is 462 g/mol. The fraction of sp³-hybridized carbons (Fsp3) is 0.227. The van der Waals surface area contributed by atoms with Crippen LogP contribution in [0.4, 0.5) is 34.8 Å². The lowest BCUT2D eigenvalue weighted by molar-refractivity contribution is -0.137. The molecule has 1 aliphatic heterocycles. The Labute approximate surface area is 186 Å². The quantitative estimate of drug-likeness (QED) is 0.523. The van der Waals surface area contributed by atoms with Crippen molar-refractivity contribution < 1.29 is 31.8 Å². The fourth-order valence-corrected chi connectivity index (χ4v) is 3.57. The molecule has 7 nitrogen and oxygen atoms in total. The summed E-state index contributed by atoms with van der Waals surface area (Å²) in [6.07, 6.45) is -4.61. The van der Waals surface area contributed by atoms with E-state index in [2.05, 4.69) is 9.97 Å². The number of aromatic nitrogens is 2. The third kappa shape index (κ3) is 4.13. The lowest BCUT2D eigenvalue weighted by atomic mass is 10.0. The first-order valence-electron chi connectivity index (χ1n) is 9.66. The molecule has 0 fully saturated rings. The van der Waals surface area contributed by atoms with Crippen LogP contribution < -0.4 is 19.3 Å². The number of rotatable bonds is 4. The number of halogens is 4. The maximum absolute atomic E-state index is 13.7. The number of hydrogen-bond donors (Lipinski definition) is 0. The maximum Gasteiger partial charge on any atom is 0.416 e. The van der Waals surface area contributed by atoms with Crippen LogP contribution in [0.2, 0.25) is 0 Å². The van der Waals surface area contributed by atoms with Gasteiger partial charge in [0.2, 0.25) is 5.88 Å². The topological polar surface area (TPSA) is 67.8 Å². The number of alkyl halides is 3. The average molecular weight is 462 g/mol. The predicted octanol–water partition coefficient (Wildman–Crippen LogP) is 4.72. The first-order valence-corrected chi connectivity index (χ1v) is 9.66. The maximum atomic E-state index is 13.7. The van der Waals surface area contributed by atoms with E-state index in [1.807, 2.05) is 0 Å². The van der Waals surface area contributed by atoms with E-state index in [9.17, 15) is 22.4 Å². The summed E-state index contributed by atoms with van der Waals surface area (Å²) in [6.45, 7) is 1.44. The largest absolute Gasteiger partial charge is 0.481 e. The molecule has 2 heterocycles. The number of carbonyl (C=O) groups excluding carboxylic acids is 1. The van der Waals surface area contributed by atoms with Crippen molar-refractivity contribution in [1.29, 1.82) is 0 Å². The Morgan fingerprint density at radius 3 is 2.33 bits per heavy atom. The zero-order chi connectivity index (χ0) is 23.9. The summed E-state index contributed by atoms with van der Waals surface area (Å²) in [5, 5.41) is 0. The van der Waals surface area contributed by atoms with Gasteiger partial charge in [0.25, 0.3) is 5.91 Å². The molecule has 33 heavy (non-hydrogen) atoms. The lowest BCUT2D eigenvalue weighted by Crippen LogP contribution is -2.45. The Morgan fingerprint density at radius 2 is 1.70 bits per heavy atom. The molecule has 3 aromatic rings. The van der Waals surface area contributed by atoms with Gasteiger partial charge in [0, 0.05) is 11.8 Å². The first kappa shape index (κ1) is 22.3. The summed E-state index contributed by atoms with van der Waals surface area (Å²) >= 11 is 0. The molecular formula is C22H18F4N4O3. The molecule has 4 rings (SSSR count). The molecular weight excluding hydrogens is 444 g/mol. The summed E-state index contributed by atoms with van der Waals surface area (Å²) in [6, 6.07) is 8.14. The SMILES string of the molecule is COc1cc(N2CN(c3ccc(F)cc3C)c3cc(C(F)(F)F)ccc3C2=O)nc(OC)n1. The fourth-order valence-electron chi connectivity index (χ4n) is 3.57. The van der Waals surface area contributed by atoms with Gasteiger partial charge in [-0.25, -0.2) is 4.39 Å². The summed E-state index contributed by atoms with van der Waals surface area (Å²) < 4.78 is 64.2. The number of benzene rings is 2. The molecule has 1 amide bonds. The molecule has 0 saturated heterocycles. The summed E-state index contributed by atoms with van der Waals surface area (Å²) in [7, 11) is 2.73. The zero-order valence-electron chi connectivity index (χ0n) is 17.8. The number of methoxy groups -OCH3 is 2. The van der Waals surface area contributed by atoms with E-state index < -0.39 is 23.5 Å². The molecule has 1 aliphatic rings. The highest BCUT2D eigenvalue weighted by Crippen LogP contribution is 2.40.